The fourth-order valence-electron chi connectivity index (χ4n) is 2.68. The van der Waals surface area contributed by atoms with E-state index in [0.717, 1.165) is 11.1 Å². The van der Waals surface area contributed by atoms with Gasteiger partial charge in [0, 0.05) is 10.6 Å². The molecule has 0 bridgehead atoms. The van der Waals surface area contributed by atoms with Crippen LogP contribution in [0.5, 0.6) is 11.5 Å². The van der Waals surface area contributed by atoms with Gasteiger partial charge in [-0.25, -0.2) is 0 Å². The highest BCUT2D eigenvalue weighted by Gasteiger charge is 2.12. The summed E-state index contributed by atoms with van der Waals surface area (Å²) in [5.41, 5.74) is 1.37. The molecule has 4 aromatic rings. The summed E-state index contributed by atoms with van der Waals surface area (Å²) in [7, 11) is 3.15. The van der Waals surface area contributed by atoms with E-state index in [2.05, 4.69) is 10.1 Å². The first-order valence-electron chi connectivity index (χ1n) is 7.98. The lowest BCUT2D eigenvalue weighted by atomic mass is 10.2. The fraction of sp³-hybridized carbons (Fsp3) is 0.105. The molecule has 8 heteroatoms. The number of nitrogens with zero attached hydrogens (tertiary/aromatic N) is 3. The molecule has 2 heterocycles. The third-order valence-electron chi connectivity index (χ3n) is 3.97. The van der Waals surface area contributed by atoms with Crippen molar-refractivity contribution in [3.05, 3.63) is 67.9 Å². The highest BCUT2D eigenvalue weighted by Crippen LogP contribution is 2.27. The van der Waals surface area contributed by atoms with Crippen LogP contribution < -0.4 is 19.6 Å². The second-order valence-electron chi connectivity index (χ2n) is 5.67. The van der Waals surface area contributed by atoms with Crippen molar-refractivity contribution in [2.24, 2.45) is 0 Å². The van der Waals surface area contributed by atoms with Crippen molar-refractivity contribution >= 4 is 34.0 Å². The third kappa shape index (κ3) is 3.27. The molecule has 0 aliphatic rings. The maximum atomic E-state index is 12.7. The largest absolute Gasteiger partial charge is 0.493 e. The van der Waals surface area contributed by atoms with Gasteiger partial charge in [0.15, 0.2) is 17.3 Å². The lowest BCUT2D eigenvalue weighted by molar-refractivity contribution is 0.355. The summed E-state index contributed by atoms with van der Waals surface area (Å²) in [4.78, 5) is 17.7. The molecule has 6 nitrogen and oxygen atoms in total. The summed E-state index contributed by atoms with van der Waals surface area (Å²) >= 11 is 7.29. The van der Waals surface area contributed by atoms with Crippen LogP contribution in [0, 0.1) is 0 Å². The van der Waals surface area contributed by atoms with Crippen molar-refractivity contribution < 1.29 is 9.47 Å². The van der Waals surface area contributed by atoms with Crippen molar-refractivity contribution in [1.29, 1.82) is 0 Å². The Bertz CT molecular complexity index is 1250. The molecule has 0 spiro atoms. The Hall–Kier alpha value is -2.90. The number of ether oxygens (including phenoxy) is 2. The van der Waals surface area contributed by atoms with Crippen molar-refractivity contribution in [3.8, 4) is 22.9 Å². The number of hydrogen-bond donors (Lipinski definition) is 0. The monoisotopic (exact) mass is 399 g/mol. The summed E-state index contributed by atoms with van der Waals surface area (Å²) < 4.78 is 12.4. The smallest absolute Gasteiger partial charge is 0.291 e. The van der Waals surface area contributed by atoms with Crippen molar-refractivity contribution in [3.63, 3.8) is 0 Å². The van der Waals surface area contributed by atoms with Gasteiger partial charge < -0.3 is 9.47 Å². The number of thiazole rings is 1. The molecule has 4 rings (SSSR count). The second-order valence-corrected chi connectivity index (χ2v) is 7.12. The summed E-state index contributed by atoms with van der Waals surface area (Å²) in [6, 6.07) is 12.7. The predicted molar refractivity (Wildman–Crippen MR) is 106 cm³/mol. The molecule has 0 saturated carbocycles. The number of rotatable bonds is 4. The zero-order valence-electron chi connectivity index (χ0n) is 14.5. The molecular weight excluding hydrogens is 386 g/mol. The van der Waals surface area contributed by atoms with Crippen LogP contribution in [0.3, 0.4) is 0 Å². The highest BCUT2D eigenvalue weighted by molar-refractivity contribution is 7.15. The molecule has 0 N–H and O–H groups in total. The Morgan fingerprint density at radius 2 is 1.93 bits per heavy atom. The van der Waals surface area contributed by atoms with E-state index >= 15 is 0 Å². The Morgan fingerprint density at radius 3 is 2.63 bits per heavy atom. The molecule has 27 heavy (non-hydrogen) atoms. The van der Waals surface area contributed by atoms with E-state index in [1.165, 1.54) is 15.9 Å². The highest BCUT2D eigenvalue weighted by atomic mass is 35.5. The third-order valence-corrected chi connectivity index (χ3v) is 5.16. The number of fused-ring (bicyclic) bond motifs is 1. The predicted octanol–water partition coefficient (Wildman–Crippen LogP) is 3.04. The topological polar surface area (TPSA) is 65.7 Å². The minimum Gasteiger partial charge on any atom is -0.493 e. The summed E-state index contributed by atoms with van der Waals surface area (Å²) in [6.07, 6.45) is 1.78. The van der Waals surface area contributed by atoms with Crippen molar-refractivity contribution in [2.45, 2.75) is 0 Å². The first-order valence-corrected chi connectivity index (χ1v) is 9.18. The van der Waals surface area contributed by atoms with Gasteiger partial charge in [-0.05, 0) is 35.9 Å². The molecule has 0 saturated heterocycles. The average Bonchev–Trinajstić information content (AvgIpc) is 3.21. The van der Waals surface area contributed by atoms with E-state index in [-0.39, 0.29) is 5.56 Å². The first kappa shape index (κ1) is 17.5. The van der Waals surface area contributed by atoms with Crippen LogP contribution in [0.25, 0.3) is 22.4 Å². The minimum absolute atomic E-state index is 0.217. The molecule has 2 aromatic carbocycles. The molecule has 2 aromatic heterocycles. The van der Waals surface area contributed by atoms with Gasteiger partial charge in [0.05, 0.1) is 18.8 Å². The van der Waals surface area contributed by atoms with Gasteiger partial charge in [0.1, 0.15) is 0 Å². The number of benzene rings is 2. The Morgan fingerprint density at radius 1 is 1.11 bits per heavy atom. The summed E-state index contributed by atoms with van der Waals surface area (Å²) in [5.74, 6) is 1.70. The van der Waals surface area contributed by atoms with E-state index in [9.17, 15) is 4.79 Å². The maximum absolute atomic E-state index is 12.7. The van der Waals surface area contributed by atoms with E-state index in [0.29, 0.717) is 31.8 Å². The number of methoxy groups -OCH3 is 2. The van der Waals surface area contributed by atoms with Gasteiger partial charge in [-0.1, -0.05) is 41.1 Å². The molecule has 0 amide bonds. The van der Waals surface area contributed by atoms with Crippen LogP contribution in [0.1, 0.15) is 5.56 Å². The van der Waals surface area contributed by atoms with Crippen LogP contribution in [-0.4, -0.2) is 28.8 Å². The van der Waals surface area contributed by atoms with Gasteiger partial charge in [0.25, 0.3) is 5.56 Å². The number of halogens is 1. The normalized spacial score (nSPS) is 11.9. The number of hydrogen-bond acceptors (Lipinski definition) is 6. The lowest BCUT2D eigenvalue weighted by Crippen LogP contribution is -2.23. The van der Waals surface area contributed by atoms with Crippen LogP contribution in [0.4, 0.5) is 0 Å². The van der Waals surface area contributed by atoms with E-state index in [1.54, 1.807) is 38.5 Å². The van der Waals surface area contributed by atoms with E-state index < -0.39 is 0 Å². The van der Waals surface area contributed by atoms with Gasteiger partial charge >= 0.3 is 0 Å². The minimum atomic E-state index is -0.217. The quantitative estimate of drug-likeness (QED) is 0.527. The van der Waals surface area contributed by atoms with Gasteiger partial charge in [-0.2, -0.15) is 9.50 Å². The van der Waals surface area contributed by atoms with Crippen LogP contribution in [0.2, 0.25) is 5.02 Å². The van der Waals surface area contributed by atoms with Gasteiger partial charge in [-0.3, -0.25) is 4.79 Å². The Labute approximate surface area is 163 Å². The van der Waals surface area contributed by atoms with Crippen LogP contribution >= 0.6 is 22.9 Å². The molecule has 0 aliphatic carbocycles. The van der Waals surface area contributed by atoms with Gasteiger partial charge in [-0.15, -0.1) is 5.10 Å². The Kier molecular flexibility index (Phi) is 4.55. The fourth-order valence-corrected chi connectivity index (χ4v) is 3.78. The van der Waals surface area contributed by atoms with Crippen molar-refractivity contribution in [2.75, 3.05) is 14.2 Å². The second kappa shape index (κ2) is 7.02. The molecule has 0 unspecified atom stereocenters. The first-order chi connectivity index (χ1) is 13.1. The molecule has 136 valence electrons. The molecule has 0 fully saturated rings. The summed E-state index contributed by atoms with van der Waals surface area (Å²) in [6.45, 7) is 0. The molecular formula is C19H14ClN3O3S. The number of aromatic nitrogens is 3. The van der Waals surface area contributed by atoms with E-state index in [4.69, 9.17) is 21.1 Å². The van der Waals surface area contributed by atoms with Gasteiger partial charge in [0.2, 0.25) is 4.96 Å². The lowest BCUT2D eigenvalue weighted by Gasteiger charge is -2.07. The van der Waals surface area contributed by atoms with Crippen LogP contribution in [0.15, 0.2) is 47.3 Å². The Balaban J connectivity index is 1.78. The SMILES string of the molecule is COc1ccc(/C=c2/sc3nc(-c4cccc(Cl)c4)nn3c2=O)cc1OC. The average molecular weight is 400 g/mol. The molecule has 0 atom stereocenters. The van der Waals surface area contributed by atoms with E-state index in [1.807, 2.05) is 24.3 Å². The molecule has 0 aliphatic heterocycles. The standard InChI is InChI=1S/C19H14ClN3O3S/c1-25-14-7-6-11(8-15(14)26-2)9-16-18(24)23-19(27-16)21-17(22-23)12-4-3-5-13(20)10-12/h3-10H,1-2H3/b16-9+. The van der Waals surface area contributed by atoms with Crippen molar-refractivity contribution in [1.82, 2.24) is 14.6 Å². The maximum Gasteiger partial charge on any atom is 0.291 e. The molecule has 0 radical (unpaired) electrons. The van der Waals surface area contributed by atoms with Crippen LogP contribution in [-0.2, 0) is 0 Å². The zero-order valence-corrected chi connectivity index (χ0v) is 16.0. The summed E-state index contributed by atoms with van der Waals surface area (Å²) in [5, 5.41) is 4.92. The zero-order chi connectivity index (χ0) is 19.0.